The molecule has 5 rings (SSSR count). The van der Waals surface area contributed by atoms with Crippen LogP contribution in [-0.4, -0.2) is 57.1 Å². The van der Waals surface area contributed by atoms with Crippen LogP contribution in [-0.2, 0) is 4.79 Å². The van der Waals surface area contributed by atoms with Crippen molar-refractivity contribution < 1.29 is 27.9 Å². The fraction of sp³-hybridized carbons (Fsp3) is 0.360. The van der Waals surface area contributed by atoms with E-state index >= 15 is 0 Å². The Morgan fingerprint density at radius 2 is 1.83 bits per heavy atom. The minimum Gasteiger partial charge on any atom is -0.475 e. The highest BCUT2D eigenvalue weighted by atomic mass is 79.9. The maximum absolute atomic E-state index is 13.3. The van der Waals surface area contributed by atoms with Crippen LogP contribution >= 0.6 is 15.9 Å². The van der Waals surface area contributed by atoms with Crippen molar-refractivity contribution in [3.05, 3.63) is 63.7 Å². The summed E-state index contributed by atoms with van der Waals surface area (Å²) in [5.41, 5.74) is 5.27. The molecule has 1 aromatic carbocycles. The van der Waals surface area contributed by atoms with E-state index in [4.69, 9.17) is 16.5 Å². The third-order valence-electron chi connectivity index (χ3n) is 6.67. The van der Waals surface area contributed by atoms with Crippen LogP contribution in [0.4, 0.5) is 18.9 Å². The first kappa shape index (κ1) is 25.9. The lowest BCUT2D eigenvalue weighted by atomic mass is 9.63. The highest BCUT2D eigenvalue weighted by Gasteiger charge is 2.47. The molecule has 1 aliphatic carbocycles. The average molecular weight is 563 g/mol. The second kappa shape index (κ2) is 9.67. The second-order valence-electron chi connectivity index (χ2n) is 9.17. The lowest BCUT2D eigenvalue weighted by molar-refractivity contribution is -0.192. The predicted molar refractivity (Wildman–Crippen MR) is 131 cm³/mol. The summed E-state index contributed by atoms with van der Waals surface area (Å²) in [7, 11) is 0. The molecule has 36 heavy (non-hydrogen) atoms. The quantitative estimate of drug-likeness (QED) is 0.314. The fourth-order valence-electron chi connectivity index (χ4n) is 4.89. The monoisotopic (exact) mass is 562 g/mol. The van der Waals surface area contributed by atoms with E-state index in [1.807, 2.05) is 25.1 Å². The zero-order valence-corrected chi connectivity index (χ0v) is 20.9. The number of aliphatic carboxylic acids is 1. The molecule has 2 fully saturated rings. The Balaban J connectivity index is 0.000000384. The van der Waals surface area contributed by atoms with E-state index in [-0.39, 0.29) is 5.78 Å². The van der Waals surface area contributed by atoms with Crippen LogP contribution in [0.15, 0.2) is 41.0 Å². The normalized spacial score (nSPS) is 16.4. The molecule has 7 nitrogen and oxygen atoms in total. The Labute approximate surface area is 213 Å². The van der Waals surface area contributed by atoms with Gasteiger partial charge in [-0.2, -0.15) is 13.2 Å². The van der Waals surface area contributed by atoms with E-state index in [0.29, 0.717) is 23.2 Å². The molecule has 2 aliphatic rings. The maximum Gasteiger partial charge on any atom is 0.490 e. The van der Waals surface area contributed by atoms with Crippen molar-refractivity contribution in [1.29, 1.82) is 0 Å². The number of hydrogen-bond acceptors (Lipinski definition) is 4. The molecule has 3 heterocycles. The number of pyridine rings is 1. The lowest BCUT2D eigenvalue weighted by Gasteiger charge is -2.55. The first-order valence-electron chi connectivity index (χ1n) is 11.1. The largest absolute Gasteiger partial charge is 0.490 e. The summed E-state index contributed by atoms with van der Waals surface area (Å²) in [4.78, 5) is 32.5. The Bertz CT molecular complexity index is 1360. The number of fused-ring (bicyclic) bond motifs is 1. The molecule has 0 amide bonds. The number of hydrogen-bond donors (Lipinski definition) is 1. The van der Waals surface area contributed by atoms with Crippen LogP contribution < -0.4 is 0 Å². The van der Waals surface area contributed by atoms with Crippen LogP contribution in [0.3, 0.4) is 0 Å². The van der Waals surface area contributed by atoms with Crippen LogP contribution in [0, 0.1) is 18.9 Å². The van der Waals surface area contributed by atoms with E-state index in [1.165, 1.54) is 19.3 Å². The zero-order valence-electron chi connectivity index (χ0n) is 19.3. The van der Waals surface area contributed by atoms with Crippen molar-refractivity contribution in [2.45, 2.75) is 32.4 Å². The molecule has 1 spiro atoms. The van der Waals surface area contributed by atoms with Gasteiger partial charge in [0.1, 0.15) is 0 Å². The fourth-order valence-corrected chi connectivity index (χ4v) is 5.21. The minimum atomic E-state index is -5.08. The van der Waals surface area contributed by atoms with E-state index in [2.05, 4.69) is 35.2 Å². The zero-order chi connectivity index (χ0) is 26.3. The van der Waals surface area contributed by atoms with Crippen molar-refractivity contribution in [2.75, 3.05) is 19.6 Å². The van der Waals surface area contributed by atoms with Gasteiger partial charge in [-0.05, 0) is 59.3 Å². The number of benzene rings is 1. The summed E-state index contributed by atoms with van der Waals surface area (Å²) >= 11 is 3.51. The number of ketones is 1. The summed E-state index contributed by atoms with van der Waals surface area (Å²) in [6, 6.07) is 9.45. The number of likely N-dealkylation sites (tertiary alicyclic amines) is 1. The molecule has 0 radical (unpaired) electrons. The molecule has 1 N–H and O–H groups in total. The SMILES string of the molecule is O=C(O)C(F)(F)F.[C-]#[N+]c1ccc(-n2c(C)c(C(=O)CN3CC4(CCC4)C3)c3ncc(Br)cc32)cc1. The van der Waals surface area contributed by atoms with Gasteiger partial charge in [-0.3, -0.25) is 14.7 Å². The van der Waals surface area contributed by atoms with Crippen LogP contribution in [0.1, 0.15) is 35.3 Å². The van der Waals surface area contributed by atoms with Gasteiger partial charge in [0.15, 0.2) is 11.5 Å². The summed E-state index contributed by atoms with van der Waals surface area (Å²) in [6.45, 7) is 11.7. The average Bonchev–Trinajstić information content (AvgIpc) is 3.05. The first-order valence-corrected chi connectivity index (χ1v) is 11.9. The number of Topliss-reactive ketones (excluding diaryl/α,β-unsaturated/α-hetero) is 1. The number of carbonyl (C=O) groups is 2. The van der Waals surface area contributed by atoms with Gasteiger partial charge in [-0.15, -0.1) is 0 Å². The van der Waals surface area contributed by atoms with Gasteiger partial charge >= 0.3 is 12.1 Å². The third-order valence-corrected chi connectivity index (χ3v) is 7.10. The molecule has 11 heteroatoms. The number of carboxylic acids is 1. The standard InChI is InChI=1S/C23H21BrN4O.C2HF3O2/c1-15-21(20(29)12-27-13-23(14-27)8-3-9-23)22-19(10-16(24)11-26-22)28(15)18-6-4-17(25-2)5-7-18;3-2(4,5)1(6)7/h4-7,10-11H,3,8-9,12-14H2,1H3;(H,6,7). The first-order chi connectivity index (χ1) is 16.9. The van der Waals surface area contributed by atoms with Gasteiger partial charge in [-0.1, -0.05) is 18.6 Å². The maximum atomic E-state index is 13.3. The number of aromatic nitrogens is 2. The number of rotatable bonds is 4. The molecule has 3 aromatic rings. The third kappa shape index (κ3) is 5.01. The highest BCUT2D eigenvalue weighted by Crippen LogP contribution is 2.48. The van der Waals surface area contributed by atoms with Crippen LogP contribution in [0.2, 0.25) is 0 Å². The Kier molecular flexibility index (Phi) is 6.94. The summed E-state index contributed by atoms with van der Waals surface area (Å²) in [6.07, 6.45) is 0.621. The smallest absolute Gasteiger partial charge is 0.475 e. The molecular weight excluding hydrogens is 541 g/mol. The molecule has 188 valence electrons. The van der Waals surface area contributed by atoms with Gasteiger partial charge in [0.05, 0.1) is 29.7 Å². The Hall–Kier alpha value is -3.23. The van der Waals surface area contributed by atoms with Gasteiger partial charge in [0.25, 0.3) is 0 Å². The number of halogens is 4. The molecule has 0 unspecified atom stereocenters. The number of carboxylic acid groups (broad SMARTS) is 1. The van der Waals surface area contributed by atoms with E-state index in [0.717, 1.165) is 40.0 Å². The topological polar surface area (TPSA) is 79.8 Å². The van der Waals surface area contributed by atoms with Crippen molar-refractivity contribution >= 4 is 44.4 Å². The molecule has 0 atom stereocenters. The molecule has 1 aliphatic heterocycles. The van der Waals surface area contributed by atoms with Crippen molar-refractivity contribution in [2.24, 2.45) is 5.41 Å². The number of nitrogens with zero attached hydrogens (tertiary/aromatic N) is 4. The van der Waals surface area contributed by atoms with Gasteiger partial charge in [0, 0.05) is 35.1 Å². The van der Waals surface area contributed by atoms with E-state index < -0.39 is 12.1 Å². The molecule has 2 aromatic heterocycles. The highest BCUT2D eigenvalue weighted by molar-refractivity contribution is 9.10. The van der Waals surface area contributed by atoms with Crippen LogP contribution in [0.5, 0.6) is 0 Å². The van der Waals surface area contributed by atoms with Gasteiger partial charge in [-0.25, -0.2) is 9.64 Å². The molecular formula is C25H22BrF3N4O3. The molecule has 1 saturated carbocycles. The Morgan fingerprint density at radius 1 is 1.22 bits per heavy atom. The number of alkyl halides is 3. The summed E-state index contributed by atoms with van der Waals surface area (Å²) < 4.78 is 34.7. The van der Waals surface area contributed by atoms with E-state index in [1.54, 1.807) is 18.3 Å². The molecule has 0 bridgehead atoms. The van der Waals surface area contributed by atoms with Crippen molar-refractivity contribution in [3.8, 4) is 5.69 Å². The summed E-state index contributed by atoms with van der Waals surface area (Å²) in [5.74, 6) is -2.62. The summed E-state index contributed by atoms with van der Waals surface area (Å²) in [5, 5.41) is 7.12. The lowest BCUT2D eigenvalue weighted by Crippen LogP contribution is -2.60. The van der Waals surface area contributed by atoms with Gasteiger partial charge in [0.2, 0.25) is 0 Å². The van der Waals surface area contributed by atoms with E-state index in [9.17, 15) is 18.0 Å². The van der Waals surface area contributed by atoms with Crippen molar-refractivity contribution in [1.82, 2.24) is 14.5 Å². The predicted octanol–water partition coefficient (Wildman–Crippen LogP) is 5.95. The Morgan fingerprint density at radius 3 is 2.33 bits per heavy atom. The van der Waals surface area contributed by atoms with Crippen LogP contribution in [0.25, 0.3) is 21.6 Å². The second-order valence-corrected chi connectivity index (χ2v) is 10.1. The number of carbonyl (C=O) groups excluding carboxylic acids is 1. The van der Waals surface area contributed by atoms with Gasteiger partial charge < -0.3 is 9.67 Å². The van der Waals surface area contributed by atoms with Crippen molar-refractivity contribution in [3.63, 3.8) is 0 Å². The minimum absolute atomic E-state index is 0.132. The molecule has 1 saturated heterocycles.